The first-order valence-corrected chi connectivity index (χ1v) is 17.6. The molecule has 1 unspecified atom stereocenters. The fraction of sp³-hybridized carbons (Fsp3) is 0.0833. The standard InChI is InChI=1S/C33H25NO.C8H8N2.C7H8/c34-20-21-8-10-23(11-9-21)28-6-3-7-32-33(28)30-19-26(16-17-31(30)35-32)25-15-14-24-13-12-22-4-1-2-5-27(22)29(24)18-25;1-10-8(9)7-5-3-2-4-6-7;1-7-5-3-2-4-6-7/h1-10,12-19,23H,11,20,34H2;2-6,9H,1H2;2-6H,1H3. The number of allylic oxidation sites excluding steroid dienone is 2. The summed E-state index contributed by atoms with van der Waals surface area (Å²) in [6, 6.07) is 52.4. The number of hydrogen-bond donors (Lipinski definition) is 2. The van der Waals surface area contributed by atoms with E-state index in [0.717, 1.165) is 23.2 Å². The first-order chi connectivity index (χ1) is 25.5. The number of furan rings is 1. The van der Waals surface area contributed by atoms with Gasteiger partial charge in [-0.1, -0.05) is 151 Å². The second kappa shape index (κ2) is 15.7. The van der Waals surface area contributed by atoms with Crippen LogP contribution >= 0.6 is 0 Å². The molecule has 52 heavy (non-hydrogen) atoms. The van der Waals surface area contributed by atoms with Crippen molar-refractivity contribution in [3.63, 3.8) is 0 Å². The van der Waals surface area contributed by atoms with Crippen molar-refractivity contribution in [1.29, 1.82) is 5.41 Å². The first-order valence-electron chi connectivity index (χ1n) is 17.6. The van der Waals surface area contributed by atoms with Crippen molar-refractivity contribution in [1.82, 2.24) is 0 Å². The third kappa shape index (κ3) is 7.39. The van der Waals surface area contributed by atoms with Crippen LogP contribution < -0.4 is 5.73 Å². The van der Waals surface area contributed by atoms with Gasteiger partial charge in [-0.05, 0) is 88.1 Å². The van der Waals surface area contributed by atoms with E-state index < -0.39 is 0 Å². The van der Waals surface area contributed by atoms with E-state index in [1.54, 1.807) is 0 Å². The van der Waals surface area contributed by atoms with Crippen molar-refractivity contribution in [3.8, 4) is 11.1 Å². The third-order valence-electron chi connectivity index (χ3n) is 9.56. The highest BCUT2D eigenvalue weighted by molar-refractivity contribution is 6.10. The molecule has 0 spiro atoms. The molecule has 1 aromatic heterocycles. The van der Waals surface area contributed by atoms with Gasteiger partial charge in [0.15, 0.2) is 5.84 Å². The van der Waals surface area contributed by atoms with Crippen LogP contribution in [0.2, 0.25) is 0 Å². The number of fused-ring (bicyclic) bond motifs is 6. The number of aliphatic imine (C=N–C) groups is 1. The van der Waals surface area contributed by atoms with Gasteiger partial charge in [-0.2, -0.15) is 0 Å². The molecular weight excluding hydrogens is 635 g/mol. The quantitative estimate of drug-likeness (QED) is 0.111. The van der Waals surface area contributed by atoms with Crippen LogP contribution in [0.5, 0.6) is 0 Å². The minimum absolute atomic E-state index is 0.223. The summed E-state index contributed by atoms with van der Waals surface area (Å²) in [5, 5.41) is 14.7. The monoisotopic (exact) mass is 675 g/mol. The maximum Gasteiger partial charge on any atom is 0.151 e. The zero-order valence-corrected chi connectivity index (χ0v) is 29.3. The molecule has 1 aliphatic carbocycles. The predicted molar refractivity (Wildman–Crippen MR) is 222 cm³/mol. The second-order valence-corrected chi connectivity index (χ2v) is 13.0. The third-order valence-corrected chi connectivity index (χ3v) is 9.56. The maximum atomic E-state index is 7.25. The fourth-order valence-corrected chi connectivity index (χ4v) is 6.79. The topological polar surface area (TPSA) is 75.4 Å². The number of hydrogen-bond acceptors (Lipinski definition) is 3. The molecule has 9 rings (SSSR count). The minimum Gasteiger partial charge on any atom is -0.456 e. The molecule has 3 N–H and O–H groups in total. The van der Waals surface area contributed by atoms with Crippen molar-refractivity contribution in [3.05, 3.63) is 192 Å². The molecule has 1 atom stereocenters. The van der Waals surface area contributed by atoms with Gasteiger partial charge in [-0.15, -0.1) is 0 Å². The van der Waals surface area contributed by atoms with Crippen molar-refractivity contribution in [2.45, 2.75) is 19.3 Å². The zero-order chi connectivity index (χ0) is 35.9. The maximum absolute atomic E-state index is 7.25. The molecule has 0 amide bonds. The molecule has 0 saturated carbocycles. The van der Waals surface area contributed by atoms with Gasteiger partial charge in [-0.25, -0.2) is 4.99 Å². The summed E-state index contributed by atoms with van der Waals surface area (Å²) in [4.78, 5) is 3.49. The lowest BCUT2D eigenvalue weighted by Crippen LogP contribution is -2.06. The lowest BCUT2D eigenvalue weighted by molar-refractivity contribution is 0.668. The second-order valence-electron chi connectivity index (χ2n) is 13.0. The van der Waals surface area contributed by atoms with Crippen molar-refractivity contribution < 1.29 is 4.42 Å². The number of aryl methyl sites for hydroxylation is 1. The number of amidine groups is 1. The molecule has 1 heterocycles. The SMILES string of the molecule is C=NC(=N)c1ccccc1.Cc1ccccc1.NCC1=CCC(c2cccc3oc4ccc(-c5ccc6ccc7ccccc7c6c5)cc4c23)C=C1. The summed E-state index contributed by atoms with van der Waals surface area (Å²) >= 11 is 0. The number of nitrogens with two attached hydrogens (primary N) is 1. The van der Waals surface area contributed by atoms with Gasteiger partial charge in [-0.3, -0.25) is 5.41 Å². The van der Waals surface area contributed by atoms with E-state index in [1.165, 1.54) is 60.1 Å². The molecule has 0 fully saturated rings. The average molecular weight is 676 g/mol. The van der Waals surface area contributed by atoms with E-state index in [1.807, 2.05) is 48.5 Å². The zero-order valence-electron chi connectivity index (χ0n) is 29.3. The Labute approximate surface area is 304 Å². The van der Waals surface area contributed by atoms with Crippen molar-refractivity contribution >= 4 is 56.0 Å². The molecular formula is C48H41N3O. The molecule has 0 saturated heterocycles. The lowest BCUT2D eigenvalue weighted by Gasteiger charge is -2.17. The average Bonchev–Trinajstić information content (AvgIpc) is 3.60. The van der Waals surface area contributed by atoms with E-state index in [9.17, 15) is 0 Å². The van der Waals surface area contributed by atoms with Crippen molar-refractivity contribution in [2.24, 2.45) is 10.7 Å². The molecule has 4 heteroatoms. The largest absolute Gasteiger partial charge is 0.456 e. The van der Waals surface area contributed by atoms with Gasteiger partial charge >= 0.3 is 0 Å². The van der Waals surface area contributed by atoms with E-state index in [-0.39, 0.29) is 5.84 Å². The Hall–Kier alpha value is -6.36. The van der Waals surface area contributed by atoms with E-state index in [4.69, 9.17) is 15.6 Å². The first kappa shape index (κ1) is 34.1. The van der Waals surface area contributed by atoms with Crippen LogP contribution in [-0.4, -0.2) is 19.1 Å². The highest BCUT2D eigenvalue weighted by Crippen LogP contribution is 2.40. The van der Waals surface area contributed by atoms with E-state index >= 15 is 0 Å². The Morgan fingerprint density at radius 3 is 2.04 bits per heavy atom. The van der Waals surface area contributed by atoms with Gasteiger partial charge in [0.2, 0.25) is 0 Å². The highest BCUT2D eigenvalue weighted by atomic mass is 16.3. The summed E-state index contributed by atoms with van der Waals surface area (Å²) in [5.41, 5.74) is 14.8. The molecule has 0 bridgehead atoms. The molecule has 7 aromatic carbocycles. The fourth-order valence-electron chi connectivity index (χ4n) is 6.79. The highest BCUT2D eigenvalue weighted by Gasteiger charge is 2.18. The predicted octanol–water partition coefficient (Wildman–Crippen LogP) is 12.2. The van der Waals surface area contributed by atoms with Gasteiger partial charge in [0, 0.05) is 28.8 Å². The van der Waals surface area contributed by atoms with E-state index in [2.05, 4.69) is 140 Å². The summed E-state index contributed by atoms with van der Waals surface area (Å²) in [6.07, 6.45) is 7.68. The summed E-state index contributed by atoms with van der Waals surface area (Å²) in [6.45, 7) is 5.94. The Kier molecular flexibility index (Phi) is 10.3. The smallest absolute Gasteiger partial charge is 0.151 e. The van der Waals surface area contributed by atoms with Crippen LogP contribution in [0.15, 0.2) is 185 Å². The number of benzene rings is 7. The Morgan fingerprint density at radius 1 is 0.712 bits per heavy atom. The molecule has 1 aliphatic rings. The molecule has 0 aliphatic heterocycles. The Morgan fingerprint density at radius 2 is 1.37 bits per heavy atom. The van der Waals surface area contributed by atoms with Crippen LogP contribution in [-0.2, 0) is 0 Å². The van der Waals surface area contributed by atoms with Crippen LogP contribution in [0.4, 0.5) is 0 Å². The molecule has 4 nitrogen and oxygen atoms in total. The van der Waals surface area contributed by atoms with Gasteiger partial charge in [0.05, 0.1) is 0 Å². The number of nitrogens with one attached hydrogen (secondary N) is 1. The lowest BCUT2D eigenvalue weighted by atomic mass is 9.87. The van der Waals surface area contributed by atoms with Gasteiger partial charge in [0.25, 0.3) is 0 Å². The van der Waals surface area contributed by atoms with Crippen LogP contribution in [0.25, 0.3) is 54.6 Å². The molecule has 254 valence electrons. The molecule has 8 aromatic rings. The van der Waals surface area contributed by atoms with E-state index in [0.29, 0.717) is 12.5 Å². The minimum atomic E-state index is 0.223. The van der Waals surface area contributed by atoms with Crippen LogP contribution in [0.3, 0.4) is 0 Å². The Balaban J connectivity index is 0.000000203. The molecule has 0 radical (unpaired) electrons. The number of nitrogens with zero attached hydrogens (tertiary/aromatic N) is 1. The van der Waals surface area contributed by atoms with Crippen LogP contribution in [0.1, 0.15) is 29.0 Å². The van der Waals surface area contributed by atoms with Crippen molar-refractivity contribution in [2.75, 3.05) is 6.54 Å². The van der Waals surface area contributed by atoms with Gasteiger partial charge in [0.1, 0.15) is 11.2 Å². The summed E-state index contributed by atoms with van der Waals surface area (Å²) in [7, 11) is 0. The number of rotatable bonds is 4. The normalized spacial score (nSPS) is 13.6. The summed E-state index contributed by atoms with van der Waals surface area (Å²) < 4.78 is 6.29. The van der Waals surface area contributed by atoms with Gasteiger partial charge < -0.3 is 10.2 Å². The summed E-state index contributed by atoms with van der Waals surface area (Å²) in [5.74, 6) is 0.547. The van der Waals surface area contributed by atoms with Crippen LogP contribution in [0, 0.1) is 12.3 Å². The Bertz CT molecular complexity index is 2580.